The highest BCUT2D eigenvalue weighted by Gasteiger charge is 2.35. The van der Waals surface area contributed by atoms with Crippen LogP contribution in [0.5, 0.6) is 0 Å². The van der Waals surface area contributed by atoms with Gasteiger partial charge in [-0.2, -0.15) is 0 Å². The van der Waals surface area contributed by atoms with Gasteiger partial charge in [0.25, 0.3) is 5.56 Å². The quantitative estimate of drug-likeness (QED) is 0.862. The van der Waals surface area contributed by atoms with Crippen LogP contribution in [-0.4, -0.2) is 44.9 Å². The van der Waals surface area contributed by atoms with E-state index in [0.29, 0.717) is 30.2 Å². The van der Waals surface area contributed by atoms with Crippen LogP contribution >= 0.6 is 0 Å². The van der Waals surface area contributed by atoms with Crippen molar-refractivity contribution < 1.29 is 4.79 Å². The average Bonchev–Trinajstić information content (AvgIpc) is 2.60. The highest BCUT2D eigenvalue weighted by molar-refractivity contribution is 5.79. The fourth-order valence-corrected chi connectivity index (χ4v) is 3.31. The number of H-pyrrole nitrogens is 1. The van der Waals surface area contributed by atoms with Gasteiger partial charge in [-0.1, -0.05) is 13.8 Å². The summed E-state index contributed by atoms with van der Waals surface area (Å²) in [5, 5.41) is 0. The molecular formula is C19H25N5O2. The number of carbonyl (C=O) groups excluding carboxylic acids is 1. The van der Waals surface area contributed by atoms with Gasteiger partial charge in [0.15, 0.2) is 0 Å². The summed E-state index contributed by atoms with van der Waals surface area (Å²) in [6, 6.07) is 3.69. The number of nitrogens with one attached hydrogen (secondary N) is 1. The van der Waals surface area contributed by atoms with E-state index < -0.39 is 0 Å². The molecule has 0 bridgehead atoms. The molecule has 0 saturated carbocycles. The van der Waals surface area contributed by atoms with Crippen LogP contribution in [0.25, 0.3) is 11.4 Å². The van der Waals surface area contributed by atoms with Gasteiger partial charge in [0, 0.05) is 48.3 Å². The number of rotatable bonds is 3. The number of nitrogens with two attached hydrogens (primary N) is 1. The number of aromatic nitrogens is 3. The monoisotopic (exact) mass is 355 g/mol. The Morgan fingerprint density at radius 3 is 2.85 bits per heavy atom. The number of aromatic amines is 1. The zero-order chi connectivity index (χ0) is 18.9. The lowest BCUT2D eigenvalue weighted by Gasteiger charge is -2.42. The van der Waals surface area contributed by atoms with Gasteiger partial charge in [0.05, 0.1) is 6.42 Å². The van der Waals surface area contributed by atoms with Crippen molar-refractivity contribution >= 4 is 5.91 Å². The minimum atomic E-state index is -0.280. The van der Waals surface area contributed by atoms with Gasteiger partial charge in [-0.15, -0.1) is 0 Å². The van der Waals surface area contributed by atoms with E-state index in [1.54, 1.807) is 30.3 Å². The number of aryl methyl sites for hydroxylation is 1. The summed E-state index contributed by atoms with van der Waals surface area (Å²) in [6.45, 7) is 7.12. The van der Waals surface area contributed by atoms with Crippen molar-refractivity contribution in [1.82, 2.24) is 19.9 Å². The molecule has 138 valence electrons. The molecule has 0 radical (unpaired) electrons. The first-order valence-electron chi connectivity index (χ1n) is 8.81. The van der Waals surface area contributed by atoms with E-state index >= 15 is 0 Å². The highest BCUT2D eigenvalue weighted by atomic mass is 16.2. The van der Waals surface area contributed by atoms with Crippen LogP contribution in [-0.2, 0) is 11.2 Å². The molecule has 1 fully saturated rings. The maximum Gasteiger partial charge on any atom is 0.255 e. The fourth-order valence-electron chi connectivity index (χ4n) is 3.31. The number of pyridine rings is 1. The molecule has 2 aromatic heterocycles. The van der Waals surface area contributed by atoms with Crippen LogP contribution < -0.4 is 11.3 Å². The van der Waals surface area contributed by atoms with Crippen molar-refractivity contribution in [2.24, 2.45) is 11.1 Å². The molecule has 7 nitrogen and oxygen atoms in total. The number of carbonyl (C=O) groups is 1. The lowest BCUT2D eigenvalue weighted by atomic mass is 9.79. The lowest BCUT2D eigenvalue weighted by Crippen LogP contribution is -2.54. The first kappa shape index (κ1) is 18.3. The molecule has 26 heavy (non-hydrogen) atoms. The minimum absolute atomic E-state index is 0.0484. The summed E-state index contributed by atoms with van der Waals surface area (Å²) in [4.78, 5) is 38.3. The minimum Gasteiger partial charge on any atom is -0.342 e. The Morgan fingerprint density at radius 2 is 2.23 bits per heavy atom. The van der Waals surface area contributed by atoms with Crippen molar-refractivity contribution in [3.63, 3.8) is 0 Å². The summed E-state index contributed by atoms with van der Waals surface area (Å²) in [6.07, 6.45) is 4.12. The molecule has 0 aliphatic carbocycles. The molecule has 2 aromatic rings. The van der Waals surface area contributed by atoms with Gasteiger partial charge in [0.1, 0.15) is 5.82 Å². The van der Waals surface area contributed by atoms with Crippen molar-refractivity contribution in [1.29, 1.82) is 0 Å². The summed E-state index contributed by atoms with van der Waals surface area (Å²) >= 11 is 0. The Kier molecular flexibility index (Phi) is 4.91. The molecule has 1 unspecified atom stereocenters. The first-order chi connectivity index (χ1) is 12.3. The molecule has 1 saturated heterocycles. The Morgan fingerprint density at radius 1 is 1.46 bits per heavy atom. The predicted molar refractivity (Wildman–Crippen MR) is 99.5 cm³/mol. The average molecular weight is 355 g/mol. The summed E-state index contributed by atoms with van der Waals surface area (Å²) in [7, 11) is 0. The second kappa shape index (κ2) is 6.99. The molecule has 1 amide bonds. The van der Waals surface area contributed by atoms with Gasteiger partial charge in [-0.05, 0) is 30.9 Å². The van der Waals surface area contributed by atoms with Crippen LogP contribution in [0.4, 0.5) is 0 Å². The van der Waals surface area contributed by atoms with E-state index in [9.17, 15) is 9.59 Å². The standard InChI is InChI=1S/C19H25N5O2/c1-12-14(9-16(25)24-8-6-15(20)19(2,3)11-24)18(26)23-17(22-12)13-5-4-7-21-10-13/h4-5,7,10,15H,6,8-9,11,20H2,1-3H3,(H,22,23,26). The molecule has 3 N–H and O–H groups in total. The summed E-state index contributed by atoms with van der Waals surface area (Å²) in [5.74, 6) is 0.399. The molecular weight excluding hydrogens is 330 g/mol. The molecule has 7 heteroatoms. The Bertz CT molecular complexity index is 860. The lowest BCUT2D eigenvalue weighted by molar-refractivity contribution is -0.133. The predicted octanol–water partition coefficient (Wildman–Crippen LogP) is 1.27. The zero-order valence-electron chi connectivity index (χ0n) is 15.5. The molecule has 3 rings (SSSR count). The van der Waals surface area contributed by atoms with Crippen molar-refractivity contribution in [3.8, 4) is 11.4 Å². The highest BCUT2D eigenvalue weighted by Crippen LogP contribution is 2.28. The van der Waals surface area contributed by atoms with E-state index in [2.05, 4.69) is 28.8 Å². The Hall–Kier alpha value is -2.54. The molecule has 1 atom stereocenters. The number of nitrogens with zero attached hydrogens (tertiary/aromatic N) is 3. The van der Waals surface area contributed by atoms with E-state index in [1.807, 2.05) is 6.07 Å². The summed E-state index contributed by atoms with van der Waals surface area (Å²) in [5.41, 5.74) is 7.44. The Labute approximate surface area is 152 Å². The second-order valence-corrected chi connectivity index (χ2v) is 7.60. The van der Waals surface area contributed by atoms with Gasteiger partial charge in [-0.25, -0.2) is 4.98 Å². The van der Waals surface area contributed by atoms with E-state index in [-0.39, 0.29) is 29.3 Å². The maximum atomic E-state index is 12.7. The van der Waals surface area contributed by atoms with Crippen LogP contribution in [0.3, 0.4) is 0 Å². The number of likely N-dealkylation sites (tertiary alicyclic amines) is 1. The van der Waals surface area contributed by atoms with Gasteiger partial charge in [-0.3, -0.25) is 14.6 Å². The molecule has 3 heterocycles. The van der Waals surface area contributed by atoms with Gasteiger partial charge in [0.2, 0.25) is 5.91 Å². The zero-order valence-corrected chi connectivity index (χ0v) is 15.5. The molecule has 1 aliphatic rings. The first-order valence-corrected chi connectivity index (χ1v) is 8.81. The number of piperidine rings is 1. The van der Waals surface area contributed by atoms with Crippen LogP contribution in [0.1, 0.15) is 31.5 Å². The molecule has 0 spiro atoms. The molecule has 1 aliphatic heterocycles. The normalized spacial score (nSPS) is 19.4. The van der Waals surface area contributed by atoms with Gasteiger partial charge >= 0.3 is 0 Å². The third kappa shape index (κ3) is 3.67. The topological polar surface area (TPSA) is 105 Å². The second-order valence-electron chi connectivity index (χ2n) is 7.60. The largest absolute Gasteiger partial charge is 0.342 e. The smallest absolute Gasteiger partial charge is 0.255 e. The van der Waals surface area contributed by atoms with Crippen molar-refractivity contribution in [2.75, 3.05) is 13.1 Å². The van der Waals surface area contributed by atoms with E-state index in [0.717, 1.165) is 12.0 Å². The number of hydrogen-bond acceptors (Lipinski definition) is 5. The van der Waals surface area contributed by atoms with E-state index in [4.69, 9.17) is 5.73 Å². The third-order valence-corrected chi connectivity index (χ3v) is 5.15. The maximum absolute atomic E-state index is 12.7. The number of amides is 1. The fraction of sp³-hybridized carbons (Fsp3) is 0.474. The van der Waals surface area contributed by atoms with Gasteiger partial charge < -0.3 is 15.6 Å². The molecule has 0 aromatic carbocycles. The van der Waals surface area contributed by atoms with Crippen LogP contribution in [0.15, 0.2) is 29.3 Å². The Balaban J connectivity index is 1.80. The third-order valence-electron chi connectivity index (χ3n) is 5.15. The van der Waals surface area contributed by atoms with Crippen LogP contribution in [0.2, 0.25) is 0 Å². The van der Waals surface area contributed by atoms with Crippen molar-refractivity contribution in [2.45, 2.75) is 39.7 Å². The van der Waals surface area contributed by atoms with Crippen LogP contribution in [0, 0.1) is 12.3 Å². The van der Waals surface area contributed by atoms with E-state index in [1.165, 1.54) is 0 Å². The van der Waals surface area contributed by atoms with Crippen molar-refractivity contribution in [3.05, 3.63) is 46.1 Å². The number of hydrogen-bond donors (Lipinski definition) is 2. The summed E-state index contributed by atoms with van der Waals surface area (Å²) < 4.78 is 0. The SMILES string of the molecule is Cc1nc(-c2cccnc2)[nH]c(=O)c1CC(=O)N1CCC(N)C(C)(C)C1.